The first-order valence-electron chi connectivity index (χ1n) is 3.73. The minimum Gasteiger partial charge on any atom is -0.308 e. The molecular formula is C7H21N2P. The second-order valence-corrected chi connectivity index (χ2v) is 3.17. The number of hydrogen-bond acceptors (Lipinski definition) is 2. The average molecular weight is 164 g/mol. The third kappa shape index (κ3) is 15.8. The minimum absolute atomic E-state index is 1.11. The smallest absolute Gasteiger partial charge is 0.0141 e. The van der Waals surface area contributed by atoms with Crippen LogP contribution >= 0.6 is 9.39 Å². The van der Waals surface area contributed by atoms with E-state index in [0.717, 1.165) is 13.1 Å². The Morgan fingerprint density at radius 3 is 1.50 bits per heavy atom. The lowest BCUT2D eigenvalue weighted by Crippen LogP contribution is -2.22. The molecule has 0 aliphatic heterocycles. The van der Waals surface area contributed by atoms with Gasteiger partial charge in [0.05, 0.1) is 0 Å². The van der Waals surface area contributed by atoms with Gasteiger partial charge >= 0.3 is 0 Å². The van der Waals surface area contributed by atoms with Crippen LogP contribution in [0, 0.1) is 0 Å². The van der Waals surface area contributed by atoms with Crippen molar-refractivity contribution >= 4 is 9.39 Å². The highest BCUT2D eigenvalue weighted by Gasteiger charge is 1.89. The van der Waals surface area contributed by atoms with Gasteiger partial charge in [-0.1, -0.05) is 23.2 Å². The fourth-order valence-corrected chi connectivity index (χ4v) is 0.473. The highest BCUT2D eigenvalue weighted by atomic mass is 31.0. The molecular weight excluding hydrogens is 143 g/mol. The van der Waals surface area contributed by atoms with E-state index in [1.54, 1.807) is 0 Å². The Balaban J connectivity index is 0. The molecule has 0 aliphatic rings. The zero-order valence-electron chi connectivity index (χ0n) is 7.89. The summed E-state index contributed by atoms with van der Waals surface area (Å²) in [4.78, 5) is 2.17. The van der Waals surface area contributed by atoms with E-state index in [2.05, 4.69) is 33.1 Å². The molecule has 0 aromatic rings. The van der Waals surface area contributed by atoms with E-state index in [4.69, 9.17) is 0 Å². The Hall–Kier alpha value is 0.350. The van der Waals surface area contributed by atoms with Crippen molar-refractivity contribution in [2.75, 3.05) is 34.2 Å². The van der Waals surface area contributed by atoms with E-state index < -0.39 is 0 Å². The maximum Gasteiger partial charge on any atom is 0.0141 e. The van der Waals surface area contributed by atoms with Gasteiger partial charge in [0.25, 0.3) is 0 Å². The minimum atomic E-state index is 1.11. The fourth-order valence-electron chi connectivity index (χ4n) is 0.358. The molecule has 0 saturated carbocycles. The number of nitrogens with zero attached hydrogens (tertiary/aromatic N) is 2. The van der Waals surface area contributed by atoms with Gasteiger partial charge < -0.3 is 4.90 Å². The maximum absolute atomic E-state index is 2.63. The van der Waals surface area contributed by atoms with Crippen molar-refractivity contribution in [3.05, 3.63) is 0 Å². The SMILES string of the molecule is CC.CN(C)CCN(C)P. The van der Waals surface area contributed by atoms with Gasteiger partial charge in [-0.25, -0.2) is 0 Å². The molecule has 10 heavy (non-hydrogen) atoms. The van der Waals surface area contributed by atoms with Gasteiger partial charge in [0.15, 0.2) is 0 Å². The standard InChI is InChI=1S/C5H15N2P.C2H6/c1-6(2)4-5-7(3)8;1-2/h4-5,8H2,1-3H3;1-2H3. The summed E-state index contributed by atoms with van der Waals surface area (Å²) in [7, 11) is 8.84. The Morgan fingerprint density at radius 1 is 1.00 bits per heavy atom. The molecule has 0 rings (SSSR count). The highest BCUT2D eigenvalue weighted by Crippen LogP contribution is 1.89. The molecule has 1 atom stereocenters. The molecule has 0 bridgehead atoms. The molecule has 0 heterocycles. The molecule has 1 unspecified atom stereocenters. The monoisotopic (exact) mass is 164 g/mol. The third-order valence-electron chi connectivity index (χ3n) is 0.900. The van der Waals surface area contributed by atoms with Gasteiger partial charge in [0.2, 0.25) is 0 Å². The number of rotatable bonds is 3. The number of hydrogen-bond donors (Lipinski definition) is 0. The molecule has 0 aromatic heterocycles. The summed E-state index contributed by atoms with van der Waals surface area (Å²) in [6.45, 7) is 6.23. The van der Waals surface area contributed by atoms with Gasteiger partial charge in [-0.05, 0) is 21.1 Å². The van der Waals surface area contributed by atoms with Crippen LogP contribution in [0.25, 0.3) is 0 Å². The van der Waals surface area contributed by atoms with Gasteiger partial charge in [0.1, 0.15) is 0 Å². The van der Waals surface area contributed by atoms with Crippen LogP contribution in [0.15, 0.2) is 0 Å². The maximum atomic E-state index is 2.63. The third-order valence-corrected chi connectivity index (χ3v) is 1.16. The summed E-state index contributed by atoms with van der Waals surface area (Å²) in [6, 6.07) is 0. The summed E-state index contributed by atoms with van der Waals surface area (Å²) < 4.78 is 2.10. The van der Waals surface area contributed by atoms with Gasteiger partial charge in [0, 0.05) is 13.1 Å². The Bertz CT molecular complexity index is 47.6. The molecule has 0 saturated heterocycles. The van der Waals surface area contributed by atoms with Crippen molar-refractivity contribution in [1.29, 1.82) is 0 Å². The zero-order valence-corrected chi connectivity index (χ0v) is 9.04. The largest absolute Gasteiger partial charge is 0.308 e. The quantitative estimate of drug-likeness (QED) is 0.580. The molecule has 64 valence electrons. The molecule has 0 N–H and O–H groups in total. The van der Waals surface area contributed by atoms with Gasteiger partial charge in [-0.2, -0.15) is 0 Å². The molecule has 0 radical (unpaired) electrons. The Morgan fingerprint density at radius 2 is 1.40 bits per heavy atom. The first-order chi connectivity index (χ1) is 4.63. The molecule has 0 aliphatic carbocycles. The van der Waals surface area contributed by atoms with Crippen molar-refractivity contribution in [2.24, 2.45) is 0 Å². The second-order valence-electron chi connectivity index (χ2n) is 2.28. The topological polar surface area (TPSA) is 6.48 Å². The molecule has 0 spiro atoms. The van der Waals surface area contributed by atoms with Crippen LogP contribution in [-0.4, -0.2) is 43.8 Å². The molecule has 2 nitrogen and oxygen atoms in total. The lowest BCUT2D eigenvalue weighted by atomic mass is 10.6. The Kier molecular flexibility index (Phi) is 12.1. The van der Waals surface area contributed by atoms with E-state index >= 15 is 0 Å². The highest BCUT2D eigenvalue weighted by molar-refractivity contribution is 7.13. The molecule has 0 amide bonds. The van der Waals surface area contributed by atoms with Crippen LogP contribution in [0.4, 0.5) is 0 Å². The summed E-state index contributed by atoms with van der Waals surface area (Å²) >= 11 is 0. The summed E-state index contributed by atoms with van der Waals surface area (Å²) in [5, 5.41) is 0. The first kappa shape index (κ1) is 13.0. The summed E-state index contributed by atoms with van der Waals surface area (Å²) in [5.41, 5.74) is 0. The van der Waals surface area contributed by atoms with Crippen LogP contribution < -0.4 is 0 Å². The lowest BCUT2D eigenvalue weighted by molar-refractivity contribution is 0.372. The van der Waals surface area contributed by atoms with E-state index in [-0.39, 0.29) is 0 Å². The first-order valence-corrected chi connectivity index (χ1v) is 4.25. The van der Waals surface area contributed by atoms with Gasteiger partial charge in [-0.3, -0.25) is 4.67 Å². The summed E-state index contributed by atoms with van der Waals surface area (Å²) in [5.74, 6) is 0. The molecule has 0 aromatic carbocycles. The summed E-state index contributed by atoms with van der Waals surface area (Å²) in [6.07, 6.45) is 0. The molecule has 0 fully saturated rings. The van der Waals surface area contributed by atoms with Crippen molar-refractivity contribution < 1.29 is 0 Å². The Labute approximate surface area is 67.8 Å². The zero-order chi connectivity index (χ0) is 8.57. The van der Waals surface area contributed by atoms with Crippen molar-refractivity contribution in [1.82, 2.24) is 9.57 Å². The van der Waals surface area contributed by atoms with Crippen LogP contribution in [0.1, 0.15) is 13.8 Å². The van der Waals surface area contributed by atoms with E-state index in [9.17, 15) is 0 Å². The fraction of sp³-hybridized carbons (Fsp3) is 1.00. The average Bonchev–Trinajstić information content (AvgIpc) is 1.89. The van der Waals surface area contributed by atoms with Crippen LogP contribution in [0.5, 0.6) is 0 Å². The number of likely N-dealkylation sites (N-methyl/N-ethyl adjacent to an activating group) is 2. The van der Waals surface area contributed by atoms with Crippen molar-refractivity contribution in [3.8, 4) is 0 Å². The van der Waals surface area contributed by atoms with Crippen LogP contribution in [0.3, 0.4) is 0 Å². The van der Waals surface area contributed by atoms with E-state index in [0.29, 0.717) is 0 Å². The predicted molar refractivity (Wildman–Crippen MR) is 52.2 cm³/mol. The van der Waals surface area contributed by atoms with Gasteiger partial charge in [-0.15, -0.1) is 0 Å². The molecule has 3 heteroatoms. The van der Waals surface area contributed by atoms with Crippen LogP contribution in [-0.2, 0) is 0 Å². The van der Waals surface area contributed by atoms with E-state index in [1.807, 2.05) is 20.9 Å². The van der Waals surface area contributed by atoms with E-state index in [1.165, 1.54) is 0 Å². The van der Waals surface area contributed by atoms with Crippen molar-refractivity contribution in [2.45, 2.75) is 13.8 Å². The van der Waals surface area contributed by atoms with Crippen molar-refractivity contribution in [3.63, 3.8) is 0 Å². The van der Waals surface area contributed by atoms with Crippen LogP contribution in [0.2, 0.25) is 0 Å². The lowest BCUT2D eigenvalue weighted by Gasteiger charge is -2.13. The predicted octanol–water partition coefficient (Wildman–Crippen LogP) is 1.30. The normalized spacial score (nSPS) is 9.60. The second kappa shape index (κ2) is 9.35.